The summed E-state index contributed by atoms with van der Waals surface area (Å²) in [6, 6.07) is 85.2. The molecular formula is C62H38N2S. The molecule has 0 saturated heterocycles. The monoisotopic (exact) mass is 842 g/mol. The molecule has 0 atom stereocenters. The highest BCUT2D eigenvalue weighted by atomic mass is 32.1. The summed E-state index contributed by atoms with van der Waals surface area (Å²) in [5, 5.41) is 7.46. The molecule has 1 aliphatic rings. The Bertz CT molecular complexity index is 3990. The van der Waals surface area contributed by atoms with Gasteiger partial charge in [0.25, 0.3) is 0 Å². The van der Waals surface area contributed by atoms with Gasteiger partial charge < -0.3 is 0 Å². The van der Waals surface area contributed by atoms with Crippen molar-refractivity contribution >= 4 is 69.7 Å². The first-order valence-corrected chi connectivity index (χ1v) is 23.2. The SMILES string of the molecule is c1ccc(C2(c3ccccc3)c3ccccc3-c3c(-c4ccc(-c5ccc(-c6cc7c8cc9ccccc9cc8sc7c7nc8cc9ccccc9cc8n67)cc5)cc4)cccc32)cc1. The van der Waals surface area contributed by atoms with Crippen molar-refractivity contribution in [2.45, 2.75) is 5.41 Å². The average molecular weight is 843 g/mol. The van der Waals surface area contributed by atoms with Crippen molar-refractivity contribution in [2.75, 3.05) is 0 Å². The van der Waals surface area contributed by atoms with Crippen LogP contribution >= 0.6 is 11.3 Å². The molecule has 0 fully saturated rings. The number of hydrogen-bond donors (Lipinski definition) is 0. The van der Waals surface area contributed by atoms with E-state index < -0.39 is 5.41 Å². The van der Waals surface area contributed by atoms with Gasteiger partial charge in [0.2, 0.25) is 0 Å². The second kappa shape index (κ2) is 13.9. The molecule has 0 amide bonds. The molecule has 3 heteroatoms. The van der Waals surface area contributed by atoms with Gasteiger partial charge in [0, 0.05) is 15.5 Å². The van der Waals surface area contributed by atoms with Crippen LogP contribution in [0.4, 0.5) is 0 Å². The van der Waals surface area contributed by atoms with E-state index in [1.807, 2.05) is 11.3 Å². The van der Waals surface area contributed by atoms with Gasteiger partial charge in [-0.2, -0.15) is 0 Å². The van der Waals surface area contributed by atoms with Gasteiger partial charge in [-0.25, -0.2) is 4.98 Å². The van der Waals surface area contributed by atoms with Gasteiger partial charge in [-0.1, -0.05) is 200 Å². The maximum atomic E-state index is 5.39. The minimum atomic E-state index is -0.427. The zero-order chi connectivity index (χ0) is 42.6. The highest BCUT2D eigenvalue weighted by Gasteiger charge is 2.46. The normalized spacial score (nSPS) is 13.0. The third-order valence-electron chi connectivity index (χ3n) is 14.0. The fraction of sp³-hybridized carbons (Fsp3) is 0.0161. The van der Waals surface area contributed by atoms with Crippen LogP contribution < -0.4 is 0 Å². The Morgan fingerprint density at radius 2 is 0.938 bits per heavy atom. The summed E-state index contributed by atoms with van der Waals surface area (Å²) in [5.41, 5.74) is 17.6. The van der Waals surface area contributed by atoms with Gasteiger partial charge in [-0.05, 0) is 113 Å². The lowest BCUT2D eigenvalue weighted by molar-refractivity contribution is 0.768. The summed E-state index contributed by atoms with van der Waals surface area (Å²) < 4.78 is 4.89. The van der Waals surface area contributed by atoms with Crippen LogP contribution in [0.25, 0.3) is 103 Å². The van der Waals surface area contributed by atoms with Crippen LogP contribution in [-0.2, 0) is 5.41 Å². The highest BCUT2D eigenvalue weighted by Crippen LogP contribution is 2.58. The van der Waals surface area contributed by atoms with E-state index in [1.54, 1.807) is 0 Å². The number of nitrogens with zero attached hydrogens (tertiary/aromatic N) is 2. The predicted octanol–water partition coefficient (Wildman–Crippen LogP) is 16.5. The number of hydrogen-bond acceptors (Lipinski definition) is 2. The Labute approximate surface area is 380 Å². The number of benzene rings is 10. The maximum Gasteiger partial charge on any atom is 0.156 e. The Morgan fingerprint density at radius 1 is 0.400 bits per heavy atom. The van der Waals surface area contributed by atoms with E-state index in [0.717, 1.165) is 27.9 Å². The van der Waals surface area contributed by atoms with E-state index >= 15 is 0 Å². The van der Waals surface area contributed by atoms with Gasteiger partial charge in [0.05, 0.1) is 26.8 Å². The summed E-state index contributed by atoms with van der Waals surface area (Å²) in [4.78, 5) is 5.39. The van der Waals surface area contributed by atoms with Crippen molar-refractivity contribution < 1.29 is 0 Å². The summed E-state index contributed by atoms with van der Waals surface area (Å²) in [5.74, 6) is 0. The van der Waals surface area contributed by atoms with Crippen LogP contribution in [0.1, 0.15) is 22.3 Å². The fourth-order valence-corrected chi connectivity index (χ4v) is 12.3. The number of imidazole rings is 1. The standard InChI is InChI=1S/C62H38N2S/c1-3-18-47(19-4-1)62(48-20-5-2-6-21-48)53-24-12-11-22-50(53)59-49(23-13-25-54(59)62)41-30-26-39(27-31-41)40-28-32-42(33-29-40)56-38-52-51-34-43-14-7-10-17-46(43)37-58(51)65-60(52)61-63-55-35-44-15-8-9-16-45(44)36-57(55)64(56)61/h1-38H. The number of pyridine rings is 1. The fourth-order valence-electron chi connectivity index (χ4n) is 11.1. The summed E-state index contributed by atoms with van der Waals surface area (Å²) in [7, 11) is 0. The largest absolute Gasteiger partial charge is 0.291 e. The van der Waals surface area contributed by atoms with Gasteiger partial charge in [0.1, 0.15) is 0 Å². The molecule has 0 unspecified atom stereocenters. The third kappa shape index (κ3) is 5.31. The number of rotatable bonds is 5. The maximum absolute atomic E-state index is 5.39. The molecular weight excluding hydrogens is 805 g/mol. The van der Waals surface area contributed by atoms with Crippen molar-refractivity contribution in [1.82, 2.24) is 9.38 Å². The van der Waals surface area contributed by atoms with Crippen molar-refractivity contribution in [3.8, 4) is 44.6 Å². The first-order valence-electron chi connectivity index (χ1n) is 22.4. The molecule has 10 aromatic carbocycles. The Kier molecular flexibility index (Phi) is 7.80. The highest BCUT2D eigenvalue weighted by molar-refractivity contribution is 7.26. The topological polar surface area (TPSA) is 17.3 Å². The lowest BCUT2D eigenvalue weighted by Gasteiger charge is -2.34. The zero-order valence-electron chi connectivity index (χ0n) is 35.2. The second-order valence-corrected chi connectivity index (χ2v) is 18.5. The molecule has 0 N–H and O–H groups in total. The smallest absolute Gasteiger partial charge is 0.156 e. The van der Waals surface area contributed by atoms with Gasteiger partial charge in [-0.3, -0.25) is 4.40 Å². The quantitative estimate of drug-likeness (QED) is 0.169. The molecule has 0 bridgehead atoms. The first kappa shape index (κ1) is 36.4. The molecule has 302 valence electrons. The molecule has 1 aliphatic carbocycles. The zero-order valence-corrected chi connectivity index (χ0v) is 36.1. The Hall–Kier alpha value is -8.11. The molecule has 0 saturated carbocycles. The summed E-state index contributed by atoms with van der Waals surface area (Å²) in [6.07, 6.45) is 0. The number of thiophene rings is 1. The van der Waals surface area contributed by atoms with Crippen LogP contribution in [0.5, 0.6) is 0 Å². The second-order valence-electron chi connectivity index (χ2n) is 17.4. The van der Waals surface area contributed by atoms with Crippen molar-refractivity contribution in [1.29, 1.82) is 0 Å². The summed E-state index contributed by atoms with van der Waals surface area (Å²) >= 11 is 1.85. The molecule has 2 nitrogen and oxygen atoms in total. The van der Waals surface area contributed by atoms with Crippen LogP contribution in [0.3, 0.4) is 0 Å². The minimum absolute atomic E-state index is 0.427. The minimum Gasteiger partial charge on any atom is -0.291 e. The van der Waals surface area contributed by atoms with Crippen LogP contribution in [0.15, 0.2) is 231 Å². The Morgan fingerprint density at radius 3 is 1.63 bits per heavy atom. The first-order chi connectivity index (χ1) is 32.2. The molecule has 14 rings (SSSR count). The molecule has 3 heterocycles. The van der Waals surface area contributed by atoms with Gasteiger partial charge in [0.15, 0.2) is 5.65 Å². The third-order valence-corrected chi connectivity index (χ3v) is 15.2. The van der Waals surface area contributed by atoms with E-state index in [0.29, 0.717) is 0 Å². The average Bonchev–Trinajstić information content (AvgIpc) is 4.03. The Balaban J connectivity index is 0.890. The van der Waals surface area contributed by atoms with Crippen molar-refractivity contribution in [2.24, 2.45) is 0 Å². The van der Waals surface area contributed by atoms with Crippen molar-refractivity contribution in [3.63, 3.8) is 0 Å². The van der Waals surface area contributed by atoms with Crippen LogP contribution in [-0.4, -0.2) is 9.38 Å². The number of fused-ring (bicyclic) bond motifs is 12. The predicted molar refractivity (Wildman–Crippen MR) is 274 cm³/mol. The van der Waals surface area contributed by atoms with E-state index in [1.165, 1.54) is 97.4 Å². The lowest BCUT2D eigenvalue weighted by Crippen LogP contribution is -2.28. The summed E-state index contributed by atoms with van der Waals surface area (Å²) in [6.45, 7) is 0. The molecule has 65 heavy (non-hydrogen) atoms. The molecule has 0 aliphatic heterocycles. The lowest BCUT2D eigenvalue weighted by atomic mass is 9.67. The van der Waals surface area contributed by atoms with E-state index in [-0.39, 0.29) is 0 Å². The molecule has 3 aromatic heterocycles. The van der Waals surface area contributed by atoms with Gasteiger partial charge >= 0.3 is 0 Å². The van der Waals surface area contributed by atoms with Crippen LogP contribution in [0.2, 0.25) is 0 Å². The van der Waals surface area contributed by atoms with E-state index in [9.17, 15) is 0 Å². The van der Waals surface area contributed by atoms with Crippen molar-refractivity contribution in [3.05, 3.63) is 253 Å². The molecule has 13 aromatic rings. The molecule has 0 spiro atoms. The number of aromatic nitrogens is 2. The van der Waals surface area contributed by atoms with E-state index in [4.69, 9.17) is 4.98 Å². The van der Waals surface area contributed by atoms with E-state index in [2.05, 4.69) is 235 Å². The van der Waals surface area contributed by atoms with Gasteiger partial charge in [-0.15, -0.1) is 11.3 Å². The molecule has 0 radical (unpaired) electrons. The van der Waals surface area contributed by atoms with Crippen LogP contribution in [0, 0.1) is 0 Å².